The second-order valence-electron chi connectivity index (χ2n) is 8.18. The molecule has 0 spiro atoms. The SMILES string of the molecule is CCCCCCNC(=O)C1=C(C(=O)Nc2cc(N(C)CPCC)c(Cl)cc2F)CCCC1. The van der Waals surface area contributed by atoms with Gasteiger partial charge in [0.1, 0.15) is 5.82 Å². The van der Waals surface area contributed by atoms with Crippen molar-refractivity contribution in [2.24, 2.45) is 0 Å². The molecule has 5 nitrogen and oxygen atoms in total. The molecule has 2 amide bonds. The van der Waals surface area contributed by atoms with Crippen LogP contribution in [0, 0.1) is 5.82 Å². The molecule has 2 N–H and O–H groups in total. The topological polar surface area (TPSA) is 61.4 Å². The lowest BCUT2D eigenvalue weighted by molar-refractivity contribution is -0.119. The molecular weight excluding hydrogens is 448 g/mol. The van der Waals surface area contributed by atoms with E-state index in [1.807, 2.05) is 11.9 Å². The first-order valence-corrected chi connectivity index (χ1v) is 13.4. The lowest BCUT2D eigenvalue weighted by atomic mass is 9.90. The first-order chi connectivity index (χ1) is 15.4. The molecule has 0 saturated carbocycles. The summed E-state index contributed by atoms with van der Waals surface area (Å²) in [6.45, 7) is 4.87. The Labute approximate surface area is 198 Å². The van der Waals surface area contributed by atoms with Crippen molar-refractivity contribution >= 4 is 43.4 Å². The highest BCUT2D eigenvalue weighted by Gasteiger charge is 2.25. The highest BCUT2D eigenvalue weighted by Crippen LogP contribution is 2.33. The predicted octanol–water partition coefficient (Wildman–Crippen LogP) is 6.08. The third kappa shape index (κ3) is 7.74. The molecule has 0 aliphatic heterocycles. The molecule has 2 rings (SSSR count). The number of carbonyl (C=O) groups excluding carboxylic acids is 2. The van der Waals surface area contributed by atoms with E-state index >= 15 is 0 Å². The molecule has 8 heteroatoms. The van der Waals surface area contributed by atoms with Gasteiger partial charge in [-0.05, 0) is 50.4 Å². The van der Waals surface area contributed by atoms with Gasteiger partial charge in [0.05, 0.1) is 16.4 Å². The van der Waals surface area contributed by atoms with Crippen LogP contribution in [-0.4, -0.2) is 37.9 Å². The Bertz CT molecular complexity index is 832. The normalized spacial score (nSPS) is 14.2. The van der Waals surface area contributed by atoms with Crippen LogP contribution in [0.15, 0.2) is 23.3 Å². The summed E-state index contributed by atoms with van der Waals surface area (Å²) in [4.78, 5) is 27.7. The number of hydrogen-bond donors (Lipinski definition) is 2. The minimum absolute atomic E-state index is 0.0819. The lowest BCUT2D eigenvalue weighted by Crippen LogP contribution is -2.30. The van der Waals surface area contributed by atoms with Crippen molar-refractivity contribution in [2.75, 3.05) is 36.3 Å². The van der Waals surface area contributed by atoms with E-state index in [1.54, 1.807) is 6.07 Å². The molecule has 32 heavy (non-hydrogen) atoms. The zero-order chi connectivity index (χ0) is 23.5. The van der Waals surface area contributed by atoms with Crippen LogP contribution >= 0.6 is 20.2 Å². The fraction of sp³-hybridized carbons (Fsp3) is 0.583. The average Bonchev–Trinajstić information content (AvgIpc) is 2.78. The third-order valence-corrected chi connectivity index (χ3v) is 7.13. The van der Waals surface area contributed by atoms with Gasteiger partial charge >= 0.3 is 0 Å². The van der Waals surface area contributed by atoms with E-state index in [9.17, 15) is 14.0 Å². The van der Waals surface area contributed by atoms with Gasteiger partial charge in [-0.3, -0.25) is 9.59 Å². The highest BCUT2D eigenvalue weighted by atomic mass is 35.5. The number of carbonyl (C=O) groups is 2. The second-order valence-corrected chi connectivity index (χ2v) is 10.1. The number of nitrogens with zero attached hydrogens (tertiary/aromatic N) is 1. The van der Waals surface area contributed by atoms with Gasteiger partial charge in [-0.25, -0.2) is 4.39 Å². The average molecular weight is 484 g/mol. The Morgan fingerprint density at radius 3 is 2.44 bits per heavy atom. The molecule has 1 aromatic carbocycles. The van der Waals surface area contributed by atoms with Crippen LogP contribution in [0.2, 0.25) is 5.02 Å². The molecule has 178 valence electrons. The van der Waals surface area contributed by atoms with Gasteiger partial charge in [-0.1, -0.05) is 44.7 Å². The first kappa shape index (κ1) is 26.6. The van der Waals surface area contributed by atoms with Crippen LogP contribution in [0.25, 0.3) is 0 Å². The van der Waals surface area contributed by atoms with Crippen LogP contribution in [0.5, 0.6) is 0 Å². The maximum absolute atomic E-state index is 14.6. The zero-order valence-electron chi connectivity index (χ0n) is 19.5. The fourth-order valence-corrected chi connectivity index (χ4v) is 4.78. The van der Waals surface area contributed by atoms with Crippen molar-refractivity contribution in [1.82, 2.24) is 5.32 Å². The Hall–Kier alpha value is -1.65. The summed E-state index contributed by atoms with van der Waals surface area (Å²) in [6.07, 6.45) is 8.96. The number of rotatable bonds is 12. The van der Waals surface area contributed by atoms with Crippen molar-refractivity contribution < 1.29 is 14.0 Å². The number of anilines is 2. The van der Waals surface area contributed by atoms with Crippen LogP contribution < -0.4 is 15.5 Å². The van der Waals surface area contributed by atoms with Gasteiger partial charge in [0.15, 0.2) is 0 Å². The maximum atomic E-state index is 14.6. The summed E-state index contributed by atoms with van der Waals surface area (Å²) in [5.41, 5.74) is 1.74. The van der Waals surface area contributed by atoms with Crippen LogP contribution in [0.1, 0.15) is 65.2 Å². The third-order valence-electron chi connectivity index (χ3n) is 5.63. The highest BCUT2D eigenvalue weighted by molar-refractivity contribution is 7.38. The summed E-state index contributed by atoms with van der Waals surface area (Å²) in [6, 6.07) is 2.81. The second kappa shape index (κ2) is 13.8. The summed E-state index contributed by atoms with van der Waals surface area (Å²) in [7, 11) is 2.64. The maximum Gasteiger partial charge on any atom is 0.252 e. The van der Waals surface area contributed by atoms with Crippen molar-refractivity contribution in [3.63, 3.8) is 0 Å². The van der Waals surface area contributed by atoms with E-state index in [4.69, 9.17) is 11.6 Å². The number of nitrogens with one attached hydrogen (secondary N) is 2. The van der Waals surface area contributed by atoms with Gasteiger partial charge in [-0.2, -0.15) is 0 Å². The van der Waals surface area contributed by atoms with Crippen molar-refractivity contribution in [3.05, 3.63) is 34.1 Å². The molecule has 1 aliphatic rings. The number of benzene rings is 1. The quantitative estimate of drug-likeness (QED) is 0.280. The molecular formula is C24H36ClFN3O2P. The van der Waals surface area contributed by atoms with E-state index < -0.39 is 11.7 Å². The smallest absolute Gasteiger partial charge is 0.252 e. The van der Waals surface area contributed by atoms with Crippen molar-refractivity contribution in [2.45, 2.75) is 65.2 Å². The lowest BCUT2D eigenvalue weighted by Gasteiger charge is -2.22. The van der Waals surface area contributed by atoms with Crippen LogP contribution in [-0.2, 0) is 9.59 Å². The van der Waals surface area contributed by atoms with Gasteiger partial charge in [0.2, 0.25) is 5.91 Å². The molecule has 1 aromatic rings. The number of amides is 2. The van der Waals surface area contributed by atoms with Gasteiger partial charge in [0.25, 0.3) is 5.91 Å². The van der Waals surface area contributed by atoms with E-state index in [1.165, 1.54) is 6.07 Å². The summed E-state index contributed by atoms with van der Waals surface area (Å²) in [5, 5.41) is 5.95. The molecule has 1 aliphatic carbocycles. The van der Waals surface area contributed by atoms with E-state index in [0.717, 1.165) is 59.6 Å². The Kier molecular flexibility index (Phi) is 11.5. The predicted molar refractivity (Wildman–Crippen MR) is 135 cm³/mol. The molecule has 0 heterocycles. The fourth-order valence-electron chi connectivity index (χ4n) is 3.76. The number of unbranched alkanes of at least 4 members (excludes halogenated alkanes) is 3. The number of halogens is 2. The molecule has 1 atom stereocenters. The van der Waals surface area contributed by atoms with Crippen molar-refractivity contribution in [3.8, 4) is 0 Å². The molecule has 0 aromatic heterocycles. The molecule has 0 radical (unpaired) electrons. The largest absolute Gasteiger partial charge is 0.369 e. The Morgan fingerprint density at radius 2 is 1.78 bits per heavy atom. The summed E-state index contributed by atoms with van der Waals surface area (Å²) >= 11 is 6.25. The van der Waals surface area contributed by atoms with Crippen LogP contribution in [0.3, 0.4) is 0 Å². The standard InChI is InChI=1S/C24H36ClFN3O2P/c1-4-6-7-10-13-27-23(30)17-11-8-9-12-18(17)24(31)28-21-15-22(19(25)14-20(21)26)29(3)16-32-5-2/h14-15,32H,4-13,16H2,1-3H3,(H,27,30)(H,28,31). The summed E-state index contributed by atoms with van der Waals surface area (Å²) in [5.74, 6) is -1.17. The van der Waals surface area contributed by atoms with Crippen molar-refractivity contribution in [1.29, 1.82) is 0 Å². The number of hydrogen-bond acceptors (Lipinski definition) is 3. The molecule has 0 fully saturated rings. The van der Waals surface area contributed by atoms with E-state index in [2.05, 4.69) is 24.5 Å². The van der Waals surface area contributed by atoms with Gasteiger partial charge < -0.3 is 15.5 Å². The van der Waals surface area contributed by atoms with E-state index in [-0.39, 0.29) is 11.6 Å². The monoisotopic (exact) mass is 483 g/mol. The Morgan fingerprint density at radius 1 is 1.09 bits per heavy atom. The molecule has 0 saturated heterocycles. The summed E-state index contributed by atoms with van der Waals surface area (Å²) < 4.78 is 14.6. The van der Waals surface area contributed by atoms with Gasteiger partial charge in [0, 0.05) is 31.0 Å². The van der Waals surface area contributed by atoms with Gasteiger partial charge in [-0.15, -0.1) is 8.58 Å². The van der Waals surface area contributed by atoms with E-state index in [0.29, 0.717) is 41.2 Å². The minimum atomic E-state index is -0.586. The zero-order valence-corrected chi connectivity index (χ0v) is 21.2. The minimum Gasteiger partial charge on any atom is -0.369 e. The molecule has 0 bridgehead atoms. The Balaban J connectivity index is 2.15. The van der Waals surface area contributed by atoms with Crippen LogP contribution in [0.4, 0.5) is 15.8 Å². The molecule has 1 unspecified atom stereocenters. The first-order valence-electron chi connectivity index (χ1n) is 11.6.